The molecule has 2 aromatic heterocycles. The summed E-state index contributed by atoms with van der Waals surface area (Å²) in [7, 11) is 1.94. The van der Waals surface area contributed by atoms with Gasteiger partial charge in [-0.25, -0.2) is 0 Å². The topological polar surface area (TPSA) is 58.9 Å². The third-order valence-corrected chi connectivity index (χ3v) is 6.70. The Morgan fingerprint density at radius 1 is 1.10 bits per heavy atom. The summed E-state index contributed by atoms with van der Waals surface area (Å²) < 4.78 is 1.86. The largest absolute Gasteiger partial charge is 0.368 e. The quantitative estimate of drug-likeness (QED) is 0.800. The lowest BCUT2D eigenvalue weighted by molar-refractivity contribution is 0.246. The minimum atomic E-state index is 0.441. The van der Waals surface area contributed by atoms with E-state index >= 15 is 0 Å². The molecule has 29 heavy (non-hydrogen) atoms. The van der Waals surface area contributed by atoms with Crippen molar-refractivity contribution >= 4 is 5.82 Å². The Bertz CT molecular complexity index is 785. The molecule has 2 aromatic rings. The van der Waals surface area contributed by atoms with Crippen molar-refractivity contribution in [2.75, 3.05) is 31.5 Å². The van der Waals surface area contributed by atoms with Crippen LogP contribution in [-0.2, 0) is 7.05 Å². The molecule has 158 valence electrons. The van der Waals surface area contributed by atoms with Gasteiger partial charge in [0.25, 0.3) is 0 Å². The van der Waals surface area contributed by atoms with Gasteiger partial charge in [-0.1, -0.05) is 20.8 Å². The molecule has 0 unspecified atom stereocenters. The number of nitrogens with zero attached hydrogens (tertiary/aromatic N) is 5. The van der Waals surface area contributed by atoms with Crippen molar-refractivity contribution in [2.45, 2.75) is 47.0 Å². The zero-order valence-electron chi connectivity index (χ0n) is 18.6. The van der Waals surface area contributed by atoms with Gasteiger partial charge in [-0.05, 0) is 73.6 Å². The van der Waals surface area contributed by atoms with Gasteiger partial charge >= 0.3 is 0 Å². The van der Waals surface area contributed by atoms with E-state index in [4.69, 9.17) is 0 Å². The molecule has 0 bridgehead atoms. The van der Waals surface area contributed by atoms with E-state index in [1.807, 2.05) is 30.1 Å². The third kappa shape index (κ3) is 4.80. The summed E-state index contributed by atoms with van der Waals surface area (Å²) in [4.78, 5) is 2.70. The molecule has 0 amide bonds. The maximum absolute atomic E-state index is 4.42. The molecule has 4 rings (SSSR count). The van der Waals surface area contributed by atoms with E-state index in [0.717, 1.165) is 47.1 Å². The van der Waals surface area contributed by atoms with Crippen LogP contribution in [0, 0.1) is 30.1 Å². The van der Waals surface area contributed by atoms with Crippen LogP contribution >= 0.6 is 0 Å². The molecule has 0 spiro atoms. The van der Waals surface area contributed by atoms with Crippen LogP contribution < -0.4 is 5.32 Å². The van der Waals surface area contributed by atoms with Gasteiger partial charge in [-0.2, -0.15) is 5.10 Å². The molecule has 1 N–H and O–H groups in total. The van der Waals surface area contributed by atoms with Crippen LogP contribution in [0.1, 0.15) is 45.6 Å². The average molecular weight is 397 g/mol. The molecule has 1 saturated heterocycles. The summed E-state index contributed by atoms with van der Waals surface area (Å²) in [5, 5.41) is 16.6. The summed E-state index contributed by atoms with van der Waals surface area (Å²) in [6, 6.07) is 4.08. The van der Waals surface area contributed by atoms with Gasteiger partial charge in [0.1, 0.15) is 11.5 Å². The first kappa shape index (κ1) is 20.3. The predicted octanol–water partition coefficient (Wildman–Crippen LogP) is 3.99. The number of likely N-dealkylation sites (tertiary alicyclic amines) is 1. The highest BCUT2D eigenvalue weighted by molar-refractivity contribution is 5.59. The molecule has 1 saturated carbocycles. The van der Waals surface area contributed by atoms with Crippen LogP contribution in [-0.4, -0.2) is 51.1 Å². The fourth-order valence-corrected chi connectivity index (χ4v) is 5.08. The van der Waals surface area contributed by atoms with Gasteiger partial charge in [-0.15, -0.1) is 10.2 Å². The number of anilines is 1. The third-order valence-electron chi connectivity index (χ3n) is 6.70. The van der Waals surface area contributed by atoms with E-state index in [9.17, 15) is 0 Å². The average Bonchev–Trinajstić information content (AvgIpc) is 3.31. The first-order valence-corrected chi connectivity index (χ1v) is 11.1. The van der Waals surface area contributed by atoms with Crippen LogP contribution in [0.2, 0.25) is 0 Å². The second kappa shape index (κ2) is 8.05. The smallest absolute Gasteiger partial charge is 0.148 e. The van der Waals surface area contributed by atoms with Gasteiger partial charge in [0.05, 0.1) is 11.9 Å². The number of nitrogens with one attached hydrogen (secondary N) is 1. The monoisotopic (exact) mass is 396 g/mol. The highest BCUT2D eigenvalue weighted by Crippen LogP contribution is 2.41. The Morgan fingerprint density at radius 2 is 1.83 bits per heavy atom. The van der Waals surface area contributed by atoms with E-state index in [0.29, 0.717) is 5.41 Å². The van der Waals surface area contributed by atoms with Gasteiger partial charge in [0.15, 0.2) is 0 Å². The van der Waals surface area contributed by atoms with Gasteiger partial charge < -0.3 is 10.2 Å². The molecular formula is C23H36N6. The number of fused-ring (bicyclic) bond motifs is 1. The second-order valence-corrected chi connectivity index (χ2v) is 10.4. The van der Waals surface area contributed by atoms with Gasteiger partial charge in [-0.3, -0.25) is 4.68 Å². The first-order valence-electron chi connectivity index (χ1n) is 11.1. The first-order chi connectivity index (χ1) is 13.8. The van der Waals surface area contributed by atoms with Crippen molar-refractivity contribution in [1.82, 2.24) is 24.9 Å². The minimum Gasteiger partial charge on any atom is -0.368 e. The number of aryl methyl sites for hydroxylation is 2. The molecular weight excluding hydrogens is 360 g/mol. The minimum absolute atomic E-state index is 0.441. The summed E-state index contributed by atoms with van der Waals surface area (Å²) in [6.45, 7) is 14.0. The van der Waals surface area contributed by atoms with E-state index in [2.05, 4.69) is 53.2 Å². The van der Waals surface area contributed by atoms with Crippen molar-refractivity contribution in [3.63, 3.8) is 0 Å². The zero-order chi connectivity index (χ0) is 20.6. The van der Waals surface area contributed by atoms with Crippen LogP contribution in [0.15, 0.2) is 18.3 Å². The summed E-state index contributed by atoms with van der Waals surface area (Å²) in [6.07, 6.45) is 5.86. The Labute approximate surface area is 175 Å². The molecule has 0 aromatic carbocycles. The number of aromatic nitrogens is 4. The van der Waals surface area contributed by atoms with E-state index in [-0.39, 0.29) is 0 Å². The maximum atomic E-state index is 4.42. The molecule has 1 aliphatic heterocycles. The Balaban J connectivity index is 1.24. The Morgan fingerprint density at radius 3 is 2.38 bits per heavy atom. The predicted molar refractivity (Wildman–Crippen MR) is 118 cm³/mol. The van der Waals surface area contributed by atoms with Crippen molar-refractivity contribution in [3.8, 4) is 11.4 Å². The highest BCUT2D eigenvalue weighted by atomic mass is 15.3. The second-order valence-electron chi connectivity index (χ2n) is 10.4. The summed E-state index contributed by atoms with van der Waals surface area (Å²) in [5.41, 5.74) is 3.47. The number of hydrogen-bond donors (Lipinski definition) is 1. The number of rotatable bonds is 6. The molecule has 3 atom stereocenters. The van der Waals surface area contributed by atoms with Crippen molar-refractivity contribution in [2.24, 2.45) is 30.2 Å². The lowest BCUT2D eigenvalue weighted by atomic mass is 9.92. The molecule has 0 radical (unpaired) electrons. The lowest BCUT2D eigenvalue weighted by Gasteiger charge is -2.24. The molecule has 2 fully saturated rings. The zero-order valence-corrected chi connectivity index (χ0v) is 18.6. The van der Waals surface area contributed by atoms with E-state index < -0.39 is 0 Å². The van der Waals surface area contributed by atoms with Crippen molar-refractivity contribution in [3.05, 3.63) is 23.9 Å². The highest BCUT2D eigenvalue weighted by Gasteiger charge is 2.40. The normalized spacial score (nSPS) is 24.8. The fraction of sp³-hybridized carbons (Fsp3) is 0.696. The molecule has 1 aliphatic carbocycles. The fourth-order valence-electron chi connectivity index (χ4n) is 5.08. The Kier molecular flexibility index (Phi) is 5.65. The lowest BCUT2D eigenvalue weighted by Crippen LogP contribution is -2.27. The maximum Gasteiger partial charge on any atom is 0.148 e. The van der Waals surface area contributed by atoms with Crippen LogP contribution in [0.25, 0.3) is 11.4 Å². The molecule has 6 nitrogen and oxygen atoms in total. The van der Waals surface area contributed by atoms with E-state index in [1.165, 1.54) is 38.9 Å². The van der Waals surface area contributed by atoms with Crippen molar-refractivity contribution in [1.29, 1.82) is 0 Å². The van der Waals surface area contributed by atoms with Crippen LogP contribution in [0.4, 0.5) is 5.82 Å². The molecule has 3 heterocycles. The summed E-state index contributed by atoms with van der Waals surface area (Å²) >= 11 is 0. The van der Waals surface area contributed by atoms with Gasteiger partial charge in [0, 0.05) is 26.7 Å². The molecule has 6 heteroatoms. The van der Waals surface area contributed by atoms with Crippen LogP contribution in [0.5, 0.6) is 0 Å². The molecule has 2 aliphatic rings. The standard InChI is InChI=1S/C23H36N6/c1-16-12-25-28(5)22(16)20-6-7-21(27-26-20)24-13-17-10-18-14-29(15-19(18)11-17)9-8-23(2,3)4/h6-7,12,17-19H,8-11,13-15H2,1-5H3,(H,24,27)/t17-,18-,19+. The van der Waals surface area contributed by atoms with E-state index in [1.54, 1.807) is 0 Å². The SMILES string of the molecule is Cc1cnn(C)c1-c1ccc(NC[C@@H]2C[C@@H]3CN(CCC(C)(C)C)C[C@@H]3C2)nn1. The Hall–Kier alpha value is -1.95. The van der Waals surface area contributed by atoms with Crippen molar-refractivity contribution < 1.29 is 0 Å². The number of hydrogen-bond acceptors (Lipinski definition) is 5. The van der Waals surface area contributed by atoms with Gasteiger partial charge in [0.2, 0.25) is 0 Å². The van der Waals surface area contributed by atoms with Crippen LogP contribution in [0.3, 0.4) is 0 Å². The summed E-state index contributed by atoms with van der Waals surface area (Å²) in [5.74, 6) is 3.42.